The molecule has 0 aromatic heterocycles. The van der Waals surface area contributed by atoms with Crippen molar-refractivity contribution in [2.24, 2.45) is 0 Å². The lowest BCUT2D eigenvalue weighted by molar-refractivity contribution is 0.199. The molecule has 31 heavy (non-hydrogen) atoms. The molecule has 0 amide bonds. The fourth-order valence-electron chi connectivity index (χ4n) is 5.28. The van der Waals surface area contributed by atoms with Crippen molar-refractivity contribution in [3.05, 3.63) is 57.6 Å². The van der Waals surface area contributed by atoms with Crippen LogP contribution in [0, 0.1) is 27.7 Å². The van der Waals surface area contributed by atoms with E-state index in [1.54, 1.807) is 0 Å². The molecule has 0 spiro atoms. The van der Waals surface area contributed by atoms with Crippen LogP contribution in [0.2, 0.25) is 0 Å². The van der Waals surface area contributed by atoms with Crippen LogP contribution >= 0.6 is 0 Å². The SMILES string of the molecule is Cc1cc(C2(c3cc(C)c(OCCO)c(C)c3)CCCCCC2)cc(C)c1OCCO. The first kappa shape index (κ1) is 23.6. The lowest BCUT2D eigenvalue weighted by atomic mass is 9.68. The van der Waals surface area contributed by atoms with Gasteiger partial charge in [0.1, 0.15) is 24.7 Å². The van der Waals surface area contributed by atoms with Gasteiger partial charge < -0.3 is 19.7 Å². The minimum atomic E-state index is -0.0213. The van der Waals surface area contributed by atoms with E-state index in [0.717, 1.165) is 46.6 Å². The zero-order valence-corrected chi connectivity index (χ0v) is 19.6. The summed E-state index contributed by atoms with van der Waals surface area (Å²) in [5, 5.41) is 18.3. The third-order valence-corrected chi connectivity index (χ3v) is 6.66. The normalized spacial score (nSPS) is 16.1. The fraction of sp³-hybridized carbons (Fsp3) is 0.556. The van der Waals surface area contributed by atoms with Gasteiger partial charge in [-0.05, 0) is 73.9 Å². The van der Waals surface area contributed by atoms with E-state index < -0.39 is 0 Å². The zero-order valence-electron chi connectivity index (χ0n) is 19.6. The summed E-state index contributed by atoms with van der Waals surface area (Å²) in [6, 6.07) is 9.19. The van der Waals surface area contributed by atoms with Crippen molar-refractivity contribution >= 4 is 0 Å². The Morgan fingerprint density at radius 1 is 0.645 bits per heavy atom. The van der Waals surface area contributed by atoms with Gasteiger partial charge in [0.05, 0.1) is 13.2 Å². The number of ether oxygens (including phenoxy) is 2. The van der Waals surface area contributed by atoms with E-state index in [1.165, 1.54) is 36.8 Å². The molecule has 0 unspecified atom stereocenters. The first-order valence-corrected chi connectivity index (χ1v) is 11.6. The van der Waals surface area contributed by atoms with E-state index >= 15 is 0 Å². The van der Waals surface area contributed by atoms with Gasteiger partial charge in [-0.15, -0.1) is 0 Å². The quantitative estimate of drug-likeness (QED) is 0.562. The summed E-state index contributed by atoms with van der Waals surface area (Å²) in [5.41, 5.74) is 7.22. The second-order valence-electron chi connectivity index (χ2n) is 9.02. The fourth-order valence-corrected chi connectivity index (χ4v) is 5.28. The molecule has 1 fully saturated rings. The summed E-state index contributed by atoms with van der Waals surface area (Å²) in [6.45, 7) is 9.11. The first-order chi connectivity index (χ1) is 14.9. The molecule has 0 saturated heterocycles. The van der Waals surface area contributed by atoms with Crippen molar-refractivity contribution in [2.75, 3.05) is 26.4 Å². The van der Waals surface area contributed by atoms with Crippen molar-refractivity contribution in [3.8, 4) is 11.5 Å². The van der Waals surface area contributed by atoms with E-state index in [-0.39, 0.29) is 18.6 Å². The highest BCUT2D eigenvalue weighted by Gasteiger charge is 2.36. The zero-order chi connectivity index (χ0) is 22.4. The van der Waals surface area contributed by atoms with Crippen LogP contribution in [-0.4, -0.2) is 36.6 Å². The topological polar surface area (TPSA) is 58.9 Å². The number of rotatable bonds is 8. The summed E-state index contributed by atoms with van der Waals surface area (Å²) >= 11 is 0. The van der Waals surface area contributed by atoms with Gasteiger partial charge in [0, 0.05) is 5.41 Å². The van der Waals surface area contributed by atoms with Crippen LogP contribution in [0.15, 0.2) is 24.3 Å². The molecule has 1 aliphatic rings. The van der Waals surface area contributed by atoms with E-state index in [4.69, 9.17) is 19.7 Å². The molecule has 2 aromatic carbocycles. The van der Waals surface area contributed by atoms with Crippen molar-refractivity contribution in [2.45, 2.75) is 71.6 Å². The molecular weight excluding hydrogens is 388 g/mol. The summed E-state index contributed by atoms with van der Waals surface area (Å²) in [4.78, 5) is 0. The average molecular weight is 427 g/mol. The summed E-state index contributed by atoms with van der Waals surface area (Å²) in [6.07, 6.45) is 7.29. The molecule has 4 heteroatoms. The van der Waals surface area contributed by atoms with Gasteiger partial charge in [-0.3, -0.25) is 0 Å². The number of aliphatic hydroxyl groups is 2. The van der Waals surface area contributed by atoms with Gasteiger partial charge in [-0.2, -0.15) is 0 Å². The molecule has 2 N–H and O–H groups in total. The maximum absolute atomic E-state index is 9.17. The summed E-state index contributed by atoms with van der Waals surface area (Å²) in [5.74, 6) is 1.78. The van der Waals surface area contributed by atoms with Gasteiger partial charge in [0.25, 0.3) is 0 Å². The summed E-state index contributed by atoms with van der Waals surface area (Å²) < 4.78 is 11.7. The molecule has 0 bridgehead atoms. The van der Waals surface area contributed by atoms with Crippen LogP contribution in [0.25, 0.3) is 0 Å². The van der Waals surface area contributed by atoms with E-state index in [2.05, 4.69) is 52.0 Å². The lowest BCUT2D eigenvalue weighted by Gasteiger charge is -2.36. The highest BCUT2D eigenvalue weighted by atomic mass is 16.5. The second kappa shape index (κ2) is 10.5. The third-order valence-electron chi connectivity index (χ3n) is 6.66. The average Bonchev–Trinajstić information content (AvgIpc) is 2.99. The smallest absolute Gasteiger partial charge is 0.125 e. The van der Waals surface area contributed by atoms with Crippen LogP contribution in [0.3, 0.4) is 0 Å². The molecular formula is C27H38O4. The maximum Gasteiger partial charge on any atom is 0.125 e. The predicted octanol–water partition coefficient (Wildman–Crippen LogP) is 5.30. The Morgan fingerprint density at radius 2 is 1.00 bits per heavy atom. The van der Waals surface area contributed by atoms with Gasteiger partial charge in [-0.25, -0.2) is 0 Å². The number of hydrogen-bond donors (Lipinski definition) is 2. The van der Waals surface area contributed by atoms with Crippen LogP contribution < -0.4 is 9.47 Å². The van der Waals surface area contributed by atoms with Gasteiger partial charge in [-0.1, -0.05) is 49.9 Å². The van der Waals surface area contributed by atoms with E-state index in [1.807, 2.05) is 0 Å². The van der Waals surface area contributed by atoms with Crippen LogP contribution in [0.4, 0.5) is 0 Å². The summed E-state index contributed by atoms with van der Waals surface area (Å²) in [7, 11) is 0. The largest absolute Gasteiger partial charge is 0.491 e. The van der Waals surface area contributed by atoms with Gasteiger partial charge >= 0.3 is 0 Å². The molecule has 0 aliphatic heterocycles. The maximum atomic E-state index is 9.17. The van der Waals surface area contributed by atoms with Gasteiger partial charge in [0.15, 0.2) is 0 Å². The Labute approximate surface area is 187 Å². The standard InChI is InChI=1S/C27H38O4/c1-19-15-23(16-20(2)25(19)30-13-11-28)27(9-7-5-6-8-10-27)24-17-21(3)26(22(4)18-24)31-14-12-29/h15-18,28-29H,5-14H2,1-4H3. The van der Waals surface area contributed by atoms with Crippen molar-refractivity contribution in [1.82, 2.24) is 0 Å². The van der Waals surface area contributed by atoms with E-state index in [0.29, 0.717) is 13.2 Å². The Hall–Kier alpha value is -2.04. The molecule has 3 rings (SSSR count). The van der Waals surface area contributed by atoms with Crippen LogP contribution in [0.1, 0.15) is 71.9 Å². The van der Waals surface area contributed by atoms with Crippen molar-refractivity contribution < 1.29 is 19.7 Å². The highest BCUT2D eigenvalue weighted by molar-refractivity contribution is 5.53. The Balaban J connectivity index is 2.11. The predicted molar refractivity (Wildman–Crippen MR) is 125 cm³/mol. The number of benzene rings is 2. The second-order valence-corrected chi connectivity index (χ2v) is 9.02. The molecule has 0 radical (unpaired) electrons. The minimum Gasteiger partial charge on any atom is -0.491 e. The first-order valence-electron chi connectivity index (χ1n) is 11.6. The highest BCUT2D eigenvalue weighted by Crippen LogP contribution is 2.47. The number of hydrogen-bond acceptors (Lipinski definition) is 4. The monoisotopic (exact) mass is 426 g/mol. The Kier molecular flexibility index (Phi) is 8.01. The number of aliphatic hydroxyl groups excluding tert-OH is 2. The third kappa shape index (κ3) is 5.07. The van der Waals surface area contributed by atoms with Crippen LogP contribution in [0.5, 0.6) is 11.5 Å². The Morgan fingerprint density at radius 3 is 1.32 bits per heavy atom. The van der Waals surface area contributed by atoms with Crippen molar-refractivity contribution in [1.29, 1.82) is 0 Å². The lowest BCUT2D eigenvalue weighted by Crippen LogP contribution is -2.28. The molecule has 1 aliphatic carbocycles. The number of aryl methyl sites for hydroxylation is 4. The molecule has 2 aromatic rings. The minimum absolute atomic E-state index is 0.0213. The molecule has 0 heterocycles. The van der Waals surface area contributed by atoms with E-state index in [9.17, 15) is 0 Å². The molecule has 170 valence electrons. The van der Waals surface area contributed by atoms with Gasteiger partial charge in [0.2, 0.25) is 0 Å². The van der Waals surface area contributed by atoms with Crippen molar-refractivity contribution in [3.63, 3.8) is 0 Å². The molecule has 1 saturated carbocycles. The molecule has 4 nitrogen and oxygen atoms in total. The molecule has 0 atom stereocenters. The Bertz CT molecular complexity index is 767. The van der Waals surface area contributed by atoms with Crippen LogP contribution in [-0.2, 0) is 5.41 Å².